The lowest BCUT2D eigenvalue weighted by molar-refractivity contribution is -0.107. The average molecular weight is 318 g/mol. The monoisotopic (exact) mass is 318 g/mol. The molecule has 0 saturated carbocycles. The Labute approximate surface area is 131 Å². The van der Waals surface area contributed by atoms with E-state index in [0.29, 0.717) is 0 Å². The molecule has 0 fully saturated rings. The van der Waals surface area contributed by atoms with Gasteiger partial charge in [0, 0.05) is 0 Å². The maximum absolute atomic E-state index is 9.10. The number of hydrogen-bond donors (Lipinski definition) is 5. The molecule has 1 aromatic carbocycles. The second-order valence-corrected chi connectivity index (χ2v) is 5.32. The highest BCUT2D eigenvalue weighted by Crippen LogP contribution is 2.24. The Balaban J connectivity index is 0. The normalized spacial score (nSPS) is 10.5. The summed E-state index contributed by atoms with van der Waals surface area (Å²) in [6, 6.07) is 7.53. The summed E-state index contributed by atoms with van der Waals surface area (Å²) in [7, 11) is 1.08. The molecule has 0 heterocycles. The second-order valence-electron chi connectivity index (χ2n) is 5.32. The maximum atomic E-state index is 9.10. The molecule has 0 amide bonds. The molecule has 0 aliphatic heterocycles. The number of benzene rings is 1. The smallest absolute Gasteiger partial charge is 0.493 e. The molecule has 0 atom stereocenters. The van der Waals surface area contributed by atoms with Gasteiger partial charge >= 0.3 is 7.32 Å². The third kappa shape index (κ3) is 11.4. The highest BCUT2D eigenvalue weighted by Gasteiger charge is 2.31. The van der Waals surface area contributed by atoms with Crippen molar-refractivity contribution in [2.45, 2.75) is 38.9 Å². The largest absolute Gasteiger partial charge is 0.631 e. The molecular weight excluding hydrogens is 291 g/mol. The van der Waals surface area contributed by atoms with Crippen LogP contribution in [0.25, 0.3) is 0 Å². The maximum Gasteiger partial charge on any atom is 0.631 e. The molecule has 0 aromatic heterocycles. The van der Waals surface area contributed by atoms with Crippen LogP contribution in [-0.4, -0.2) is 58.0 Å². The predicted octanol–water partition coefficient (Wildman–Crippen LogP) is 0.180. The number of para-hydroxylation sites is 2. The molecule has 7 nitrogen and oxygen atoms in total. The van der Waals surface area contributed by atoms with Gasteiger partial charge in [0.2, 0.25) is 0 Å². The average Bonchev–Trinajstić information content (AvgIpc) is 2.36. The quantitative estimate of drug-likeness (QED) is 0.504. The minimum atomic E-state index is -2.17. The number of rotatable bonds is 3. The van der Waals surface area contributed by atoms with E-state index in [-0.39, 0.29) is 0 Å². The van der Waals surface area contributed by atoms with Gasteiger partial charge in [-0.1, -0.05) is 12.1 Å². The summed E-state index contributed by atoms with van der Waals surface area (Å²) < 4.78 is 10.0. The van der Waals surface area contributed by atoms with Crippen molar-refractivity contribution in [2.24, 2.45) is 0 Å². The van der Waals surface area contributed by atoms with E-state index in [1.54, 1.807) is 41.9 Å². The first-order valence-electron chi connectivity index (χ1n) is 6.52. The van der Waals surface area contributed by atoms with Crippen LogP contribution in [0.1, 0.15) is 27.7 Å². The van der Waals surface area contributed by atoms with Crippen molar-refractivity contribution in [1.29, 1.82) is 0 Å². The van der Waals surface area contributed by atoms with Crippen molar-refractivity contribution in [3.8, 4) is 11.5 Å². The molecule has 1 aromatic rings. The summed E-state index contributed by atoms with van der Waals surface area (Å²) in [5, 5.41) is 39.7. The number of methoxy groups -OCH3 is 2. The number of aliphatic hydroxyl groups is 2. The van der Waals surface area contributed by atoms with Gasteiger partial charge in [-0.05, 0) is 39.8 Å². The van der Waals surface area contributed by atoms with E-state index < -0.39 is 18.5 Å². The molecule has 0 unspecified atom stereocenters. The van der Waals surface area contributed by atoms with Gasteiger partial charge in [0.1, 0.15) is 0 Å². The van der Waals surface area contributed by atoms with E-state index in [1.165, 1.54) is 0 Å². The third-order valence-electron chi connectivity index (χ3n) is 2.79. The molecule has 0 radical (unpaired) electrons. The zero-order valence-electron chi connectivity index (χ0n) is 13.9. The lowest BCUT2D eigenvalue weighted by atomic mass is 9.90. The Morgan fingerprint density at radius 1 is 0.773 bits per heavy atom. The Bertz CT molecular complexity index is 359. The van der Waals surface area contributed by atoms with Gasteiger partial charge in [0.05, 0.1) is 25.4 Å². The van der Waals surface area contributed by atoms with Gasteiger partial charge in [0.15, 0.2) is 11.5 Å². The van der Waals surface area contributed by atoms with Gasteiger partial charge in [-0.15, -0.1) is 0 Å². The van der Waals surface area contributed by atoms with Gasteiger partial charge in [-0.25, -0.2) is 0 Å². The van der Waals surface area contributed by atoms with E-state index in [4.69, 9.17) is 34.8 Å². The molecule has 8 heteroatoms. The predicted molar refractivity (Wildman–Crippen MR) is 84.6 cm³/mol. The molecule has 1 rings (SSSR count). The Hall–Kier alpha value is -1.32. The summed E-state index contributed by atoms with van der Waals surface area (Å²) in [6.07, 6.45) is 0. The van der Waals surface area contributed by atoms with Crippen LogP contribution in [0.5, 0.6) is 11.5 Å². The second kappa shape index (κ2) is 10.4. The van der Waals surface area contributed by atoms with Crippen molar-refractivity contribution in [3.63, 3.8) is 0 Å². The van der Waals surface area contributed by atoms with E-state index >= 15 is 0 Å². The van der Waals surface area contributed by atoms with Crippen molar-refractivity contribution in [2.75, 3.05) is 14.2 Å². The first-order valence-corrected chi connectivity index (χ1v) is 6.52. The molecule has 0 aliphatic carbocycles. The topological polar surface area (TPSA) is 120 Å². The van der Waals surface area contributed by atoms with Gasteiger partial charge in [-0.3, -0.25) is 0 Å². The third-order valence-corrected chi connectivity index (χ3v) is 2.79. The van der Waals surface area contributed by atoms with Gasteiger partial charge < -0.3 is 34.8 Å². The fraction of sp³-hybridized carbons (Fsp3) is 0.571. The highest BCUT2D eigenvalue weighted by molar-refractivity contribution is 6.30. The molecular formula is C14H27BO7. The minimum absolute atomic E-state index is 0.769. The fourth-order valence-corrected chi connectivity index (χ4v) is 0.787. The van der Waals surface area contributed by atoms with Crippen LogP contribution < -0.4 is 9.47 Å². The Morgan fingerprint density at radius 3 is 1.14 bits per heavy atom. The van der Waals surface area contributed by atoms with E-state index in [1.807, 2.05) is 24.3 Å². The number of hydrogen-bond acceptors (Lipinski definition) is 7. The standard InChI is InChI=1S/C8H10O2.C6H14O2.BH3O3/c1-9-7-5-3-4-6-8(7)10-2;1-5(2,7)6(3,4)8;2-1(3)4/h3-6H,1-2H3;7-8H,1-4H3;2-4H. The van der Waals surface area contributed by atoms with Crippen LogP contribution in [0.15, 0.2) is 24.3 Å². The lowest BCUT2D eigenvalue weighted by Crippen LogP contribution is -2.44. The zero-order chi connectivity index (χ0) is 18.0. The zero-order valence-corrected chi connectivity index (χ0v) is 13.9. The Kier molecular flexibility index (Phi) is 10.9. The van der Waals surface area contributed by atoms with E-state index in [0.717, 1.165) is 11.5 Å². The molecule has 128 valence electrons. The summed E-state index contributed by atoms with van der Waals surface area (Å²) in [4.78, 5) is 0. The van der Waals surface area contributed by atoms with Crippen LogP contribution in [0.2, 0.25) is 0 Å². The molecule has 0 bridgehead atoms. The summed E-state index contributed by atoms with van der Waals surface area (Å²) in [6.45, 7) is 6.31. The van der Waals surface area contributed by atoms with Crippen LogP contribution in [-0.2, 0) is 0 Å². The van der Waals surface area contributed by atoms with E-state index in [9.17, 15) is 0 Å². The van der Waals surface area contributed by atoms with Crippen molar-refractivity contribution in [1.82, 2.24) is 0 Å². The van der Waals surface area contributed by atoms with Crippen molar-refractivity contribution < 1.29 is 34.8 Å². The van der Waals surface area contributed by atoms with Gasteiger partial charge in [0.25, 0.3) is 0 Å². The minimum Gasteiger partial charge on any atom is -0.493 e. The molecule has 22 heavy (non-hydrogen) atoms. The van der Waals surface area contributed by atoms with Crippen LogP contribution >= 0.6 is 0 Å². The lowest BCUT2D eigenvalue weighted by Gasteiger charge is -2.31. The van der Waals surface area contributed by atoms with Crippen molar-refractivity contribution >= 4 is 7.32 Å². The molecule has 0 saturated heterocycles. The first kappa shape index (κ1) is 23.0. The number of ether oxygens (including phenoxy) is 2. The summed E-state index contributed by atoms with van der Waals surface area (Å²) in [5.74, 6) is 1.54. The van der Waals surface area contributed by atoms with Crippen LogP contribution in [0.4, 0.5) is 0 Å². The molecule has 0 spiro atoms. The van der Waals surface area contributed by atoms with E-state index in [2.05, 4.69) is 0 Å². The highest BCUT2D eigenvalue weighted by atomic mass is 16.5. The van der Waals surface area contributed by atoms with Crippen LogP contribution in [0, 0.1) is 0 Å². The Morgan fingerprint density at radius 2 is 1.00 bits per heavy atom. The summed E-state index contributed by atoms with van der Waals surface area (Å²) >= 11 is 0. The molecule has 0 aliphatic rings. The fourth-order valence-electron chi connectivity index (χ4n) is 0.787. The van der Waals surface area contributed by atoms with Crippen LogP contribution in [0.3, 0.4) is 0 Å². The van der Waals surface area contributed by atoms with Gasteiger partial charge in [-0.2, -0.15) is 0 Å². The van der Waals surface area contributed by atoms with Crippen molar-refractivity contribution in [3.05, 3.63) is 24.3 Å². The molecule has 5 N–H and O–H groups in total. The first-order chi connectivity index (χ1) is 9.86. The SMILES string of the molecule is CC(C)(O)C(C)(C)O.COc1ccccc1OC.OB(O)O. The summed E-state index contributed by atoms with van der Waals surface area (Å²) in [5.41, 5.74) is -2.01.